The molecule has 0 rings (SSSR count). The molecule has 0 heterocycles. The highest BCUT2D eigenvalue weighted by Gasteiger charge is 2.33. The molecule has 0 saturated carbocycles. The van der Waals surface area contributed by atoms with Crippen molar-refractivity contribution in [3.8, 4) is 0 Å². The van der Waals surface area contributed by atoms with Gasteiger partial charge in [0.05, 0.1) is 12.6 Å². The number of aliphatic hydroxyl groups is 1. The van der Waals surface area contributed by atoms with Gasteiger partial charge in [0.15, 0.2) is 0 Å². The van der Waals surface area contributed by atoms with Crippen molar-refractivity contribution in [2.75, 3.05) is 6.61 Å². The Kier molecular flexibility index (Phi) is 15.9. The second kappa shape index (κ2) is 17.4. The van der Waals surface area contributed by atoms with Crippen molar-refractivity contribution < 1.29 is 39.0 Å². The quantitative estimate of drug-likeness (QED) is 0.0958. The van der Waals surface area contributed by atoms with Gasteiger partial charge in [-0.15, -0.1) is 0 Å². The lowest BCUT2D eigenvalue weighted by atomic mass is 9.98. The third-order valence-electron chi connectivity index (χ3n) is 6.26. The summed E-state index contributed by atoms with van der Waals surface area (Å²) >= 11 is 0. The Morgan fingerprint density at radius 3 is 1.69 bits per heavy atom. The molecule has 0 aliphatic carbocycles. The van der Waals surface area contributed by atoms with Gasteiger partial charge in [0.2, 0.25) is 29.5 Å². The Balaban J connectivity index is 5.67. The number of aliphatic hydroxyl groups excluding tert-OH is 1. The molecule has 6 atom stereocenters. The molecule has 0 aromatic carbocycles. The zero-order valence-electron chi connectivity index (χ0n) is 23.7. The van der Waals surface area contributed by atoms with Gasteiger partial charge in [0, 0.05) is 6.42 Å². The van der Waals surface area contributed by atoms with Crippen molar-refractivity contribution in [1.29, 1.82) is 0 Å². The third kappa shape index (κ3) is 12.9. The molecule has 10 N–H and O–H groups in total. The largest absolute Gasteiger partial charge is 0.480 e. The van der Waals surface area contributed by atoms with Crippen LogP contribution in [0.25, 0.3) is 0 Å². The molecular formula is C25H46N6O8. The molecule has 0 saturated heterocycles. The molecule has 0 aliphatic rings. The van der Waals surface area contributed by atoms with E-state index >= 15 is 0 Å². The average molecular weight is 559 g/mol. The maximum atomic E-state index is 13.0. The van der Waals surface area contributed by atoms with Crippen LogP contribution in [0.2, 0.25) is 0 Å². The SMILES string of the molecule is CC[C@H](C)[C@H](N)C(=O)N[C@@H](CCC(N)=O)C(=O)N[C@@H](CO)C(=O)N[C@@H](CC(C)C)C(=O)N[C@H](C(=O)O)C(C)C. The summed E-state index contributed by atoms with van der Waals surface area (Å²) in [6.45, 7) is 9.59. The predicted molar refractivity (Wildman–Crippen MR) is 143 cm³/mol. The first kappa shape index (κ1) is 35.7. The molecule has 0 unspecified atom stereocenters. The van der Waals surface area contributed by atoms with Crippen molar-refractivity contribution in [3.05, 3.63) is 0 Å². The molecular weight excluding hydrogens is 512 g/mol. The van der Waals surface area contributed by atoms with Crippen molar-refractivity contribution in [1.82, 2.24) is 21.3 Å². The lowest BCUT2D eigenvalue weighted by molar-refractivity contribution is -0.143. The standard InChI is InChI=1S/C25H46N6O8/c1-7-14(6)19(27)24(37)28-15(8-9-18(26)33)21(34)30-17(11-32)23(36)29-16(10-12(2)3)22(35)31-20(13(4)5)25(38)39/h12-17,19-20,32H,7-11,27H2,1-6H3,(H2,26,33)(H,28,37)(H,29,36)(H,30,34)(H,31,35)(H,38,39)/t14-,15-,16-,17-,19-,20-/m0/s1. The smallest absolute Gasteiger partial charge is 0.326 e. The molecule has 0 bridgehead atoms. The predicted octanol–water partition coefficient (Wildman–Crippen LogP) is -1.66. The Morgan fingerprint density at radius 1 is 0.769 bits per heavy atom. The van der Waals surface area contributed by atoms with Gasteiger partial charge >= 0.3 is 5.97 Å². The average Bonchev–Trinajstić information content (AvgIpc) is 2.85. The number of hydrogen-bond donors (Lipinski definition) is 8. The summed E-state index contributed by atoms with van der Waals surface area (Å²) in [6.07, 6.45) is 0.335. The fourth-order valence-electron chi connectivity index (χ4n) is 3.54. The fraction of sp³-hybridized carbons (Fsp3) is 0.760. The van der Waals surface area contributed by atoms with Crippen LogP contribution in [0.15, 0.2) is 0 Å². The highest BCUT2D eigenvalue weighted by atomic mass is 16.4. The van der Waals surface area contributed by atoms with E-state index < -0.39 is 78.2 Å². The van der Waals surface area contributed by atoms with Gasteiger partial charge in [-0.05, 0) is 30.6 Å². The van der Waals surface area contributed by atoms with Crippen LogP contribution < -0.4 is 32.7 Å². The Morgan fingerprint density at radius 2 is 1.26 bits per heavy atom. The van der Waals surface area contributed by atoms with E-state index in [-0.39, 0.29) is 31.1 Å². The number of rotatable bonds is 18. The zero-order valence-corrected chi connectivity index (χ0v) is 23.7. The summed E-state index contributed by atoms with van der Waals surface area (Å²) in [6, 6.07) is -6.06. The number of nitrogens with two attached hydrogens (primary N) is 2. The number of carboxylic acid groups (broad SMARTS) is 1. The van der Waals surface area contributed by atoms with Gasteiger partial charge in [0.25, 0.3) is 0 Å². The summed E-state index contributed by atoms with van der Waals surface area (Å²) in [5, 5.41) is 28.8. The van der Waals surface area contributed by atoms with Gasteiger partial charge in [0.1, 0.15) is 24.2 Å². The second-order valence-electron chi connectivity index (χ2n) is 10.5. The number of carbonyl (C=O) groups excluding carboxylic acids is 5. The first-order valence-electron chi connectivity index (χ1n) is 13.1. The highest BCUT2D eigenvalue weighted by Crippen LogP contribution is 2.09. The third-order valence-corrected chi connectivity index (χ3v) is 6.26. The lowest BCUT2D eigenvalue weighted by Crippen LogP contribution is -2.60. The molecule has 0 fully saturated rings. The molecule has 0 aromatic heterocycles. The van der Waals surface area contributed by atoms with Gasteiger partial charge < -0.3 is 42.9 Å². The topological polar surface area (TPSA) is 243 Å². The van der Waals surface area contributed by atoms with Gasteiger partial charge in [-0.25, -0.2) is 4.79 Å². The number of nitrogens with one attached hydrogen (secondary N) is 4. The minimum Gasteiger partial charge on any atom is -0.480 e. The van der Waals surface area contributed by atoms with E-state index in [1.54, 1.807) is 34.6 Å². The van der Waals surface area contributed by atoms with Crippen molar-refractivity contribution >= 4 is 35.5 Å². The van der Waals surface area contributed by atoms with Gasteiger partial charge in [-0.1, -0.05) is 48.0 Å². The van der Waals surface area contributed by atoms with Crippen molar-refractivity contribution in [3.63, 3.8) is 0 Å². The lowest BCUT2D eigenvalue weighted by Gasteiger charge is -2.27. The van der Waals surface area contributed by atoms with Crippen LogP contribution in [0, 0.1) is 17.8 Å². The van der Waals surface area contributed by atoms with E-state index in [0.29, 0.717) is 6.42 Å². The Bertz CT molecular complexity index is 866. The maximum Gasteiger partial charge on any atom is 0.326 e. The van der Waals surface area contributed by atoms with E-state index in [4.69, 9.17) is 11.5 Å². The van der Waals surface area contributed by atoms with Gasteiger partial charge in [-0.2, -0.15) is 0 Å². The van der Waals surface area contributed by atoms with Gasteiger partial charge in [-0.3, -0.25) is 24.0 Å². The van der Waals surface area contributed by atoms with Crippen LogP contribution >= 0.6 is 0 Å². The molecule has 0 aromatic rings. The summed E-state index contributed by atoms with van der Waals surface area (Å²) < 4.78 is 0. The van der Waals surface area contributed by atoms with E-state index in [0.717, 1.165) is 0 Å². The summed E-state index contributed by atoms with van der Waals surface area (Å²) in [4.78, 5) is 74.1. The molecule has 5 amide bonds. The molecule has 0 aliphatic heterocycles. The normalized spacial score (nSPS) is 15.8. The number of hydrogen-bond acceptors (Lipinski definition) is 8. The summed E-state index contributed by atoms with van der Waals surface area (Å²) in [7, 11) is 0. The number of primary amides is 1. The summed E-state index contributed by atoms with van der Waals surface area (Å²) in [5.41, 5.74) is 11.1. The van der Waals surface area contributed by atoms with E-state index in [9.17, 15) is 39.0 Å². The van der Waals surface area contributed by atoms with Crippen LogP contribution in [-0.4, -0.2) is 82.5 Å². The number of amides is 5. The van der Waals surface area contributed by atoms with Crippen LogP contribution in [0.4, 0.5) is 0 Å². The molecule has 0 spiro atoms. The fourth-order valence-corrected chi connectivity index (χ4v) is 3.54. The van der Waals surface area contributed by atoms with E-state index in [1.165, 1.54) is 0 Å². The number of carbonyl (C=O) groups is 6. The van der Waals surface area contributed by atoms with E-state index in [1.807, 2.05) is 6.92 Å². The second-order valence-corrected chi connectivity index (χ2v) is 10.5. The molecule has 224 valence electrons. The number of carboxylic acids is 1. The van der Waals surface area contributed by atoms with E-state index in [2.05, 4.69) is 21.3 Å². The zero-order chi connectivity index (χ0) is 30.4. The summed E-state index contributed by atoms with van der Waals surface area (Å²) in [5.74, 6) is -5.77. The van der Waals surface area contributed by atoms with Crippen LogP contribution in [0.3, 0.4) is 0 Å². The van der Waals surface area contributed by atoms with Crippen molar-refractivity contribution in [2.45, 2.75) is 97.4 Å². The minimum atomic E-state index is -1.52. The van der Waals surface area contributed by atoms with Crippen LogP contribution in [-0.2, 0) is 28.8 Å². The van der Waals surface area contributed by atoms with Crippen molar-refractivity contribution in [2.24, 2.45) is 29.2 Å². The minimum absolute atomic E-state index is 0.0753. The molecule has 0 radical (unpaired) electrons. The number of aliphatic carboxylic acids is 1. The highest BCUT2D eigenvalue weighted by molar-refractivity contribution is 5.95. The Labute approximate surface area is 229 Å². The maximum absolute atomic E-state index is 13.0. The first-order chi connectivity index (χ1) is 18.0. The van der Waals surface area contributed by atoms with Crippen LogP contribution in [0.5, 0.6) is 0 Å². The van der Waals surface area contributed by atoms with Crippen LogP contribution in [0.1, 0.15) is 67.2 Å². The molecule has 14 heteroatoms. The monoisotopic (exact) mass is 558 g/mol. The molecule has 14 nitrogen and oxygen atoms in total. The first-order valence-corrected chi connectivity index (χ1v) is 13.1. The Hall–Kier alpha value is -3.26. The molecule has 39 heavy (non-hydrogen) atoms.